The standard InChI is InChI=1S/C24H28F4N2O3S/c1-15(18-8-11-20(19(25)14-18)30-34(2,32)33)21(31)12-9-17-10-13-22(24(26,27)28)29-23(17)16-6-4-3-5-7-16/h8,10-11,13-16,30H,3-7,9,12H2,1-2H3. The minimum absolute atomic E-state index is 0.0532. The molecule has 1 unspecified atom stereocenters. The molecule has 0 amide bonds. The lowest BCUT2D eigenvalue weighted by molar-refractivity contribution is -0.141. The maximum absolute atomic E-state index is 14.3. The van der Waals surface area contributed by atoms with Gasteiger partial charge >= 0.3 is 6.18 Å². The van der Waals surface area contributed by atoms with Gasteiger partial charge in [-0.05, 0) is 48.6 Å². The Labute approximate surface area is 197 Å². The van der Waals surface area contributed by atoms with Crippen LogP contribution in [0, 0.1) is 5.82 Å². The second kappa shape index (κ2) is 10.4. The summed E-state index contributed by atoms with van der Waals surface area (Å²) in [4.78, 5) is 16.8. The third-order valence-corrected chi connectivity index (χ3v) is 6.80. The highest BCUT2D eigenvalue weighted by atomic mass is 32.2. The minimum Gasteiger partial charge on any atom is -0.299 e. The van der Waals surface area contributed by atoms with Crippen molar-refractivity contribution in [2.75, 3.05) is 11.0 Å². The van der Waals surface area contributed by atoms with E-state index in [4.69, 9.17) is 0 Å². The van der Waals surface area contributed by atoms with Gasteiger partial charge in [0.25, 0.3) is 0 Å². The molecule has 186 valence electrons. The summed E-state index contributed by atoms with van der Waals surface area (Å²) in [6.07, 6.45) is 1.17. The number of hydrogen-bond acceptors (Lipinski definition) is 4. The highest BCUT2D eigenvalue weighted by molar-refractivity contribution is 7.92. The first-order valence-electron chi connectivity index (χ1n) is 11.2. The van der Waals surface area contributed by atoms with Crippen molar-refractivity contribution in [1.29, 1.82) is 0 Å². The summed E-state index contributed by atoms with van der Waals surface area (Å²) in [5, 5.41) is 0. The molecular formula is C24H28F4N2O3S. The topological polar surface area (TPSA) is 76.1 Å². The summed E-state index contributed by atoms with van der Waals surface area (Å²) in [7, 11) is -3.65. The zero-order valence-corrected chi connectivity index (χ0v) is 19.9. The van der Waals surface area contributed by atoms with Crippen molar-refractivity contribution in [1.82, 2.24) is 4.98 Å². The molecule has 3 rings (SSSR count). The number of anilines is 1. The Morgan fingerprint density at radius 3 is 2.41 bits per heavy atom. The molecule has 1 heterocycles. The predicted molar refractivity (Wildman–Crippen MR) is 122 cm³/mol. The smallest absolute Gasteiger partial charge is 0.299 e. The van der Waals surface area contributed by atoms with E-state index < -0.39 is 33.6 Å². The normalized spacial score (nSPS) is 16.3. The molecule has 1 aliphatic carbocycles. The van der Waals surface area contributed by atoms with Gasteiger partial charge in [-0.2, -0.15) is 13.2 Å². The molecule has 34 heavy (non-hydrogen) atoms. The molecule has 0 saturated heterocycles. The number of alkyl halides is 3. The molecule has 1 N–H and O–H groups in total. The number of nitrogens with zero attached hydrogens (tertiary/aromatic N) is 1. The molecule has 1 aromatic carbocycles. The first-order valence-corrected chi connectivity index (χ1v) is 13.1. The average Bonchev–Trinajstić information content (AvgIpc) is 2.77. The van der Waals surface area contributed by atoms with Gasteiger partial charge in [-0.1, -0.05) is 38.3 Å². The van der Waals surface area contributed by atoms with Gasteiger partial charge < -0.3 is 0 Å². The quantitative estimate of drug-likeness (QED) is 0.454. The van der Waals surface area contributed by atoms with E-state index in [0.29, 0.717) is 16.8 Å². The number of aryl methyl sites for hydroxylation is 1. The van der Waals surface area contributed by atoms with Gasteiger partial charge in [0.05, 0.1) is 11.9 Å². The van der Waals surface area contributed by atoms with Crippen LogP contribution < -0.4 is 4.72 Å². The monoisotopic (exact) mass is 500 g/mol. The van der Waals surface area contributed by atoms with E-state index in [-0.39, 0.29) is 30.2 Å². The zero-order valence-electron chi connectivity index (χ0n) is 19.1. The van der Waals surface area contributed by atoms with E-state index in [0.717, 1.165) is 50.5 Å². The van der Waals surface area contributed by atoms with Crippen molar-refractivity contribution in [3.05, 3.63) is 58.7 Å². The summed E-state index contributed by atoms with van der Waals surface area (Å²) in [5.41, 5.74) is 0.324. The number of pyridine rings is 1. The van der Waals surface area contributed by atoms with Gasteiger partial charge in [-0.25, -0.2) is 17.8 Å². The maximum atomic E-state index is 14.3. The number of benzene rings is 1. The van der Waals surface area contributed by atoms with Crippen LogP contribution in [-0.2, 0) is 27.4 Å². The molecular weight excluding hydrogens is 472 g/mol. The van der Waals surface area contributed by atoms with Crippen molar-refractivity contribution in [2.24, 2.45) is 0 Å². The lowest BCUT2D eigenvalue weighted by Gasteiger charge is -2.24. The number of carbonyl (C=O) groups is 1. The molecule has 2 aromatic rings. The van der Waals surface area contributed by atoms with E-state index in [9.17, 15) is 30.8 Å². The van der Waals surface area contributed by atoms with E-state index in [1.165, 1.54) is 18.2 Å². The van der Waals surface area contributed by atoms with Crippen LogP contribution in [0.4, 0.5) is 23.2 Å². The van der Waals surface area contributed by atoms with Crippen molar-refractivity contribution >= 4 is 21.5 Å². The molecule has 0 radical (unpaired) electrons. The van der Waals surface area contributed by atoms with Gasteiger partial charge in [-0.3, -0.25) is 9.52 Å². The summed E-state index contributed by atoms with van der Waals surface area (Å²) in [6, 6.07) is 6.23. The van der Waals surface area contributed by atoms with Crippen LogP contribution in [-0.4, -0.2) is 25.4 Å². The Bertz CT molecular complexity index is 1140. The van der Waals surface area contributed by atoms with E-state index in [2.05, 4.69) is 9.71 Å². The fourth-order valence-corrected chi connectivity index (χ4v) is 4.91. The van der Waals surface area contributed by atoms with Crippen LogP contribution in [0.1, 0.15) is 79.8 Å². The summed E-state index contributed by atoms with van der Waals surface area (Å²) in [6.45, 7) is 1.62. The Hall–Kier alpha value is -2.49. The summed E-state index contributed by atoms with van der Waals surface area (Å²) in [5.74, 6) is -1.71. The maximum Gasteiger partial charge on any atom is 0.433 e. The van der Waals surface area contributed by atoms with E-state index in [1.54, 1.807) is 6.92 Å². The SMILES string of the molecule is CC(C(=O)CCc1ccc(C(F)(F)F)nc1C1CCCCC1)c1ccc(NS(C)(=O)=O)c(F)c1. The molecule has 1 aromatic heterocycles. The van der Waals surface area contributed by atoms with Crippen LogP contribution in [0.3, 0.4) is 0 Å². The molecule has 1 aliphatic rings. The second-order valence-corrected chi connectivity index (χ2v) is 10.6. The number of rotatable bonds is 8. The average molecular weight is 501 g/mol. The Kier molecular flexibility index (Phi) is 8.00. The number of aromatic nitrogens is 1. The highest BCUT2D eigenvalue weighted by Gasteiger charge is 2.34. The lowest BCUT2D eigenvalue weighted by atomic mass is 9.83. The van der Waals surface area contributed by atoms with Crippen LogP contribution in [0.15, 0.2) is 30.3 Å². The predicted octanol–water partition coefficient (Wildman–Crippen LogP) is 5.96. The first-order chi connectivity index (χ1) is 15.8. The van der Waals surface area contributed by atoms with Crippen molar-refractivity contribution in [3.8, 4) is 0 Å². The second-order valence-electron chi connectivity index (χ2n) is 8.88. The van der Waals surface area contributed by atoms with E-state index in [1.807, 2.05) is 0 Å². The summed E-state index contributed by atoms with van der Waals surface area (Å²) < 4.78 is 78.7. The van der Waals surface area contributed by atoms with Gasteiger partial charge in [-0.15, -0.1) is 0 Å². The van der Waals surface area contributed by atoms with Gasteiger partial charge in [0.15, 0.2) is 0 Å². The Balaban J connectivity index is 1.75. The number of halogens is 4. The molecule has 0 spiro atoms. The van der Waals surface area contributed by atoms with Crippen LogP contribution in [0.2, 0.25) is 0 Å². The third kappa shape index (κ3) is 6.77. The third-order valence-electron chi connectivity index (χ3n) is 6.21. The van der Waals surface area contributed by atoms with Gasteiger partial charge in [0, 0.05) is 24.0 Å². The fourth-order valence-electron chi connectivity index (χ4n) is 4.35. The number of Topliss-reactive ketones (excluding diaryl/α,β-unsaturated/α-hetero) is 1. The molecule has 1 atom stereocenters. The van der Waals surface area contributed by atoms with Crippen LogP contribution >= 0.6 is 0 Å². The molecule has 5 nitrogen and oxygen atoms in total. The number of hydrogen-bond donors (Lipinski definition) is 1. The minimum atomic E-state index is -4.53. The van der Waals surface area contributed by atoms with Crippen molar-refractivity contribution < 1.29 is 30.8 Å². The first kappa shape index (κ1) is 26.1. The van der Waals surface area contributed by atoms with Gasteiger partial charge in [0.2, 0.25) is 10.0 Å². The molecule has 0 aliphatic heterocycles. The Morgan fingerprint density at radius 2 is 1.82 bits per heavy atom. The summed E-state index contributed by atoms with van der Waals surface area (Å²) >= 11 is 0. The zero-order chi connectivity index (χ0) is 25.1. The number of ketones is 1. The van der Waals surface area contributed by atoms with E-state index >= 15 is 0 Å². The molecule has 1 fully saturated rings. The lowest BCUT2D eigenvalue weighted by Crippen LogP contribution is -2.17. The molecule has 1 saturated carbocycles. The van der Waals surface area contributed by atoms with Crippen molar-refractivity contribution in [3.63, 3.8) is 0 Å². The van der Waals surface area contributed by atoms with Crippen LogP contribution in [0.5, 0.6) is 0 Å². The highest BCUT2D eigenvalue weighted by Crippen LogP contribution is 2.36. The van der Waals surface area contributed by atoms with Crippen LogP contribution in [0.25, 0.3) is 0 Å². The number of carbonyl (C=O) groups excluding carboxylic acids is 1. The molecule has 0 bridgehead atoms. The van der Waals surface area contributed by atoms with Crippen molar-refractivity contribution in [2.45, 2.75) is 69.9 Å². The number of sulfonamides is 1. The number of nitrogens with one attached hydrogen (secondary N) is 1. The largest absolute Gasteiger partial charge is 0.433 e. The fraction of sp³-hybridized carbons (Fsp3) is 0.500. The van der Waals surface area contributed by atoms with Gasteiger partial charge in [0.1, 0.15) is 17.3 Å². The molecule has 10 heteroatoms. The Morgan fingerprint density at radius 1 is 1.15 bits per heavy atom.